The van der Waals surface area contributed by atoms with Crippen LogP contribution in [0.3, 0.4) is 0 Å². The number of halogens is 1. The molecule has 0 spiro atoms. The van der Waals surface area contributed by atoms with Crippen LogP contribution in [0, 0.1) is 0 Å². The van der Waals surface area contributed by atoms with Crippen LogP contribution in [0.1, 0.15) is 0 Å². The highest BCUT2D eigenvalue weighted by molar-refractivity contribution is 8.14. The van der Waals surface area contributed by atoms with E-state index in [9.17, 15) is 0 Å². The second-order valence-corrected chi connectivity index (χ2v) is 5.38. The lowest BCUT2D eigenvalue weighted by atomic mass is 10.7. The van der Waals surface area contributed by atoms with Gasteiger partial charge in [0.05, 0.1) is 8.55 Å². The number of thiophene rings is 1. The summed E-state index contributed by atoms with van der Waals surface area (Å²) in [5.41, 5.74) is 0. The van der Waals surface area contributed by atoms with Gasteiger partial charge in [0.25, 0.3) is 0 Å². The Morgan fingerprint density at radius 3 is 2.56 bits per heavy atom. The van der Waals surface area contributed by atoms with E-state index in [0.29, 0.717) is 0 Å². The summed E-state index contributed by atoms with van der Waals surface area (Å²) < 4.78 is 2.13. The smallest absolute Gasteiger partial charge is 0.0940 e. The van der Waals surface area contributed by atoms with Crippen molar-refractivity contribution in [2.45, 2.75) is 4.21 Å². The second-order valence-electron chi connectivity index (χ2n) is 1.70. The van der Waals surface area contributed by atoms with Gasteiger partial charge in [-0.1, -0.05) is 17.5 Å². The first-order valence-electron chi connectivity index (χ1n) is 2.41. The summed E-state index contributed by atoms with van der Waals surface area (Å²) in [6, 6.07) is 3.94. The van der Waals surface area contributed by atoms with Crippen molar-refractivity contribution in [2.75, 3.05) is 6.26 Å². The third kappa shape index (κ3) is 1.81. The maximum Gasteiger partial charge on any atom is 0.0940 e. The maximum atomic E-state index is 5.70. The largest absolute Gasteiger partial charge is 0.155 e. The van der Waals surface area contributed by atoms with Crippen LogP contribution >= 0.6 is 33.4 Å². The third-order valence-corrected chi connectivity index (χ3v) is 3.84. The van der Waals surface area contributed by atoms with Gasteiger partial charge in [-0.15, -0.1) is 11.3 Å². The van der Waals surface area contributed by atoms with Crippen molar-refractivity contribution in [2.24, 2.45) is 0 Å². The summed E-state index contributed by atoms with van der Waals surface area (Å²) in [5.74, 6) is 3.90. The molecule has 1 unspecified atom stereocenters. The number of hydrogen-bond acceptors (Lipinski definition) is 1. The molecule has 0 fully saturated rings. The Morgan fingerprint density at radius 2 is 2.33 bits per heavy atom. The molecular formula is C6H7ClS2. The molecule has 1 heterocycles. The van der Waals surface area contributed by atoms with Gasteiger partial charge >= 0.3 is 0 Å². The molecule has 1 aromatic heterocycles. The monoisotopic (exact) mass is 178 g/mol. The van der Waals surface area contributed by atoms with Gasteiger partial charge in [-0.3, -0.25) is 0 Å². The lowest BCUT2D eigenvalue weighted by Crippen LogP contribution is -1.56. The van der Waals surface area contributed by atoms with E-state index >= 15 is 0 Å². The van der Waals surface area contributed by atoms with E-state index in [4.69, 9.17) is 11.6 Å². The zero-order valence-electron chi connectivity index (χ0n) is 5.06. The Balaban J connectivity index is 2.98. The van der Waals surface area contributed by atoms with Crippen LogP contribution in [0.2, 0.25) is 4.34 Å². The lowest BCUT2D eigenvalue weighted by Gasteiger charge is -1.89. The Morgan fingerprint density at radius 1 is 1.67 bits per heavy atom. The first kappa shape index (κ1) is 7.32. The molecule has 0 saturated heterocycles. The molecule has 9 heavy (non-hydrogen) atoms. The minimum Gasteiger partial charge on any atom is -0.155 e. The summed E-state index contributed by atoms with van der Waals surface area (Å²) in [7, 11) is 0.126. The molecule has 0 aliphatic carbocycles. The fraction of sp³-hybridized carbons (Fsp3) is 0.167. The van der Waals surface area contributed by atoms with E-state index < -0.39 is 0 Å². The molecule has 0 aliphatic heterocycles. The van der Waals surface area contributed by atoms with Crippen LogP contribution in [0.15, 0.2) is 16.3 Å². The molecule has 0 amide bonds. The van der Waals surface area contributed by atoms with E-state index in [-0.39, 0.29) is 10.5 Å². The summed E-state index contributed by atoms with van der Waals surface area (Å²) in [6.07, 6.45) is 2.09. The minimum absolute atomic E-state index is 0.126. The minimum atomic E-state index is 0.126. The first-order chi connectivity index (χ1) is 4.20. The van der Waals surface area contributed by atoms with Crippen molar-refractivity contribution < 1.29 is 0 Å². The van der Waals surface area contributed by atoms with E-state index in [1.54, 1.807) is 11.3 Å². The van der Waals surface area contributed by atoms with Crippen LogP contribution in [-0.4, -0.2) is 12.1 Å². The average Bonchev–Trinajstić information content (AvgIpc) is 2.14. The molecule has 1 rings (SSSR count). The SMILES string of the molecule is C=S(C)c1ccc(Cl)s1. The Hall–Kier alpha value is 0.210. The first-order valence-corrected chi connectivity index (χ1v) is 5.41. The van der Waals surface area contributed by atoms with Crippen molar-refractivity contribution in [1.29, 1.82) is 0 Å². The van der Waals surface area contributed by atoms with Crippen molar-refractivity contribution in [3.05, 3.63) is 16.5 Å². The molecule has 0 aromatic carbocycles. The number of rotatable bonds is 1. The molecule has 3 heteroatoms. The molecule has 0 bridgehead atoms. The molecule has 50 valence electrons. The van der Waals surface area contributed by atoms with Gasteiger partial charge in [-0.05, 0) is 18.4 Å². The predicted molar refractivity (Wildman–Crippen MR) is 48.2 cm³/mol. The zero-order chi connectivity index (χ0) is 6.85. The van der Waals surface area contributed by atoms with E-state index in [1.165, 1.54) is 4.21 Å². The average molecular weight is 179 g/mol. The van der Waals surface area contributed by atoms with E-state index in [0.717, 1.165) is 4.34 Å². The lowest BCUT2D eigenvalue weighted by molar-refractivity contribution is 1.74. The Bertz CT molecular complexity index is 227. The van der Waals surface area contributed by atoms with Crippen molar-refractivity contribution >= 4 is 39.3 Å². The Labute approximate surface area is 66.4 Å². The summed E-state index contributed by atoms with van der Waals surface area (Å²) in [4.78, 5) is 0. The highest BCUT2D eigenvalue weighted by Gasteiger charge is 1.94. The van der Waals surface area contributed by atoms with Crippen molar-refractivity contribution in [3.63, 3.8) is 0 Å². The van der Waals surface area contributed by atoms with E-state index in [1.807, 2.05) is 12.1 Å². The molecule has 0 radical (unpaired) electrons. The van der Waals surface area contributed by atoms with Crippen molar-refractivity contribution in [3.8, 4) is 0 Å². The second kappa shape index (κ2) is 2.86. The standard InChI is InChI=1S/C6H7ClS2/c1-9(2)6-4-3-5(7)8-6/h3-4H,1H2,2H3. The molecule has 1 atom stereocenters. The highest BCUT2D eigenvalue weighted by atomic mass is 35.5. The van der Waals surface area contributed by atoms with E-state index in [2.05, 4.69) is 12.1 Å². The normalized spacial score (nSPS) is 13.6. The van der Waals surface area contributed by atoms with Gasteiger partial charge < -0.3 is 0 Å². The predicted octanol–water partition coefficient (Wildman–Crippen LogP) is 3.09. The molecule has 0 aliphatic rings. The fourth-order valence-electron chi connectivity index (χ4n) is 0.485. The van der Waals surface area contributed by atoms with Gasteiger partial charge in [0.15, 0.2) is 0 Å². The van der Waals surface area contributed by atoms with Gasteiger partial charge in [-0.2, -0.15) is 10.5 Å². The molecule has 0 N–H and O–H groups in total. The van der Waals surface area contributed by atoms with Crippen molar-refractivity contribution in [1.82, 2.24) is 0 Å². The summed E-state index contributed by atoms with van der Waals surface area (Å²) in [6.45, 7) is 0. The van der Waals surface area contributed by atoms with Crippen LogP contribution in [0.5, 0.6) is 0 Å². The molecule has 0 saturated carbocycles. The highest BCUT2D eigenvalue weighted by Crippen LogP contribution is 2.31. The van der Waals surface area contributed by atoms with Crippen LogP contribution < -0.4 is 0 Å². The summed E-state index contributed by atoms with van der Waals surface area (Å²) in [5, 5.41) is 0. The van der Waals surface area contributed by atoms with Gasteiger partial charge in [0.2, 0.25) is 0 Å². The van der Waals surface area contributed by atoms with Crippen LogP contribution in [0.4, 0.5) is 0 Å². The zero-order valence-corrected chi connectivity index (χ0v) is 7.45. The molecule has 0 nitrogen and oxygen atoms in total. The fourth-order valence-corrected chi connectivity index (χ4v) is 2.54. The maximum absolute atomic E-state index is 5.70. The molecular weight excluding hydrogens is 172 g/mol. The van der Waals surface area contributed by atoms with Gasteiger partial charge in [-0.25, -0.2) is 0 Å². The summed E-state index contributed by atoms with van der Waals surface area (Å²) >= 11 is 7.31. The number of hydrogen-bond donors (Lipinski definition) is 0. The van der Waals surface area contributed by atoms with Gasteiger partial charge in [0.1, 0.15) is 0 Å². The Kier molecular flexibility index (Phi) is 2.33. The topological polar surface area (TPSA) is 0 Å². The van der Waals surface area contributed by atoms with Crippen LogP contribution in [-0.2, 0) is 0 Å². The quantitative estimate of drug-likeness (QED) is 0.580. The third-order valence-electron chi connectivity index (χ3n) is 0.892. The van der Waals surface area contributed by atoms with Gasteiger partial charge in [0, 0.05) is 0 Å². The van der Waals surface area contributed by atoms with Crippen LogP contribution in [0.25, 0.3) is 0 Å². The molecule has 1 aromatic rings.